The van der Waals surface area contributed by atoms with Gasteiger partial charge >= 0.3 is 5.97 Å². The molecule has 1 unspecified atom stereocenters. The van der Waals surface area contributed by atoms with Crippen LogP contribution in [-0.4, -0.2) is 35.4 Å². The molecule has 0 heterocycles. The zero-order valence-corrected chi connectivity index (χ0v) is 23.7. The van der Waals surface area contributed by atoms with E-state index in [1.807, 2.05) is 14.1 Å². The van der Waals surface area contributed by atoms with E-state index in [9.17, 15) is 15.0 Å². The molecule has 1 aliphatic rings. The average Bonchev–Trinajstić information content (AvgIpc) is 2.88. The van der Waals surface area contributed by atoms with Crippen molar-refractivity contribution in [1.29, 1.82) is 0 Å². The molecule has 0 saturated heterocycles. The SMILES string of the molecule is CN(C)c1ccc(CNc2cc(C(O)/C=C/c3ccc(C(=O)O)c(O)c3)cc3c2C(C)(C)CCC3(C)C)cc1. The third-order valence-corrected chi connectivity index (χ3v) is 7.94. The second-order valence-corrected chi connectivity index (χ2v) is 12.1. The molecule has 1 aliphatic carbocycles. The molecule has 0 bridgehead atoms. The first-order valence-electron chi connectivity index (χ1n) is 13.4. The number of carbonyl (C=O) groups is 1. The highest BCUT2D eigenvalue weighted by Gasteiger charge is 2.39. The van der Waals surface area contributed by atoms with E-state index < -0.39 is 12.1 Å². The van der Waals surface area contributed by atoms with E-state index in [1.54, 1.807) is 18.2 Å². The predicted octanol–water partition coefficient (Wildman–Crippen LogP) is 6.86. The highest BCUT2D eigenvalue weighted by Crippen LogP contribution is 2.49. The fourth-order valence-electron chi connectivity index (χ4n) is 5.38. The second-order valence-electron chi connectivity index (χ2n) is 12.1. The zero-order valence-electron chi connectivity index (χ0n) is 23.7. The maximum absolute atomic E-state index is 11.2. The first-order chi connectivity index (χ1) is 18.3. The van der Waals surface area contributed by atoms with E-state index in [2.05, 4.69) is 74.3 Å². The van der Waals surface area contributed by atoms with Crippen LogP contribution in [0.25, 0.3) is 6.08 Å². The van der Waals surface area contributed by atoms with Crippen LogP contribution in [0, 0.1) is 0 Å². The molecule has 4 N–H and O–H groups in total. The van der Waals surface area contributed by atoms with Crippen molar-refractivity contribution in [2.75, 3.05) is 24.3 Å². The number of nitrogens with zero attached hydrogens (tertiary/aromatic N) is 1. The quantitative estimate of drug-likeness (QED) is 0.255. The Labute approximate surface area is 231 Å². The molecule has 6 heteroatoms. The van der Waals surface area contributed by atoms with Crippen LogP contribution in [0.3, 0.4) is 0 Å². The molecule has 3 aromatic rings. The minimum absolute atomic E-state index is 0.00922. The van der Waals surface area contributed by atoms with Gasteiger partial charge in [-0.25, -0.2) is 4.79 Å². The van der Waals surface area contributed by atoms with Gasteiger partial charge in [-0.05, 0) is 81.8 Å². The van der Waals surface area contributed by atoms with Crippen molar-refractivity contribution in [1.82, 2.24) is 0 Å². The number of aromatic carboxylic acids is 1. The van der Waals surface area contributed by atoms with Gasteiger partial charge in [0.25, 0.3) is 0 Å². The van der Waals surface area contributed by atoms with Crippen LogP contribution >= 0.6 is 0 Å². The van der Waals surface area contributed by atoms with Crippen molar-refractivity contribution in [3.05, 3.63) is 94.1 Å². The maximum atomic E-state index is 11.2. The van der Waals surface area contributed by atoms with Crippen molar-refractivity contribution in [2.24, 2.45) is 0 Å². The minimum Gasteiger partial charge on any atom is -0.507 e. The molecule has 0 amide bonds. The number of carboxylic acid groups (broad SMARTS) is 1. The number of anilines is 2. The maximum Gasteiger partial charge on any atom is 0.339 e. The summed E-state index contributed by atoms with van der Waals surface area (Å²) in [6, 6.07) is 17.0. The standard InChI is InChI=1S/C33H40N2O4/c1-32(2)15-16-33(3,4)30-26(32)18-23(19-27(30)34-20-22-7-11-24(12-8-22)35(5)6)28(36)14-10-21-9-13-25(31(38)39)29(37)17-21/h7-14,17-19,28,34,36-37H,15-16,20H2,1-6H3,(H,38,39)/b14-10+. The number of nitrogens with one attached hydrogen (secondary N) is 1. The summed E-state index contributed by atoms with van der Waals surface area (Å²) in [6.07, 6.45) is 4.63. The fraction of sp³-hybridized carbons (Fsp3) is 0.364. The number of rotatable bonds is 8. The summed E-state index contributed by atoms with van der Waals surface area (Å²) in [5.41, 5.74) is 7.11. The summed E-state index contributed by atoms with van der Waals surface area (Å²) >= 11 is 0. The third kappa shape index (κ3) is 6.12. The van der Waals surface area contributed by atoms with Crippen LogP contribution < -0.4 is 10.2 Å². The van der Waals surface area contributed by atoms with Crippen molar-refractivity contribution in [3.8, 4) is 5.75 Å². The second kappa shape index (κ2) is 10.8. The Hall–Kier alpha value is -3.77. The van der Waals surface area contributed by atoms with Gasteiger partial charge in [-0.3, -0.25) is 0 Å². The number of phenols is 1. The number of benzene rings is 3. The summed E-state index contributed by atoms with van der Waals surface area (Å²) in [5.74, 6) is -1.49. The molecule has 39 heavy (non-hydrogen) atoms. The molecular weight excluding hydrogens is 488 g/mol. The van der Waals surface area contributed by atoms with Gasteiger partial charge in [0.15, 0.2) is 0 Å². The lowest BCUT2D eigenvalue weighted by Gasteiger charge is -2.43. The first-order valence-corrected chi connectivity index (χ1v) is 13.4. The normalized spacial score (nSPS) is 16.5. The van der Waals surface area contributed by atoms with Crippen molar-refractivity contribution < 1.29 is 20.1 Å². The number of hydrogen-bond donors (Lipinski definition) is 4. The van der Waals surface area contributed by atoms with Gasteiger partial charge in [0, 0.05) is 32.0 Å². The Balaban J connectivity index is 1.68. The van der Waals surface area contributed by atoms with Crippen LogP contribution in [0.1, 0.15) is 84.8 Å². The lowest BCUT2D eigenvalue weighted by Crippen LogP contribution is -2.35. The lowest BCUT2D eigenvalue weighted by molar-refractivity contribution is 0.0693. The van der Waals surface area contributed by atoms with Gasteiger partial charge in [-0.1, -0.05) is 64.1 Å². The molecule has 1 atom stereocenters. The van der Waals surface area contributed by atoms with Gasteiger partial charge in [0.05, 0.1) is 6.10 Å². The Bertz CT molecular complexity index is 1390. The van der Waals surface area contributed by atoms with Gasteiger partial charge in [0.1, 0.15) is 11.3 Å². The Morgan fingerprint density at radius 3 is 2.28 bits per heavy atom. The summed E-state index contributed by atoms with van der Waals surface area (Å²) < 4.78 is 0. The van der Waals surface area contributed by atoms with Gasteiger partial charge in [-0.2, -0.15) is 0 Å². The lowest BCUT2D eigenvalue weighted by atomic mass is 9.62. The monoisotopic (exact) mass is 528 g/mol. The zero-order chi connectivity index (χ0) is 28.5. The van der Waals surface area contributed by atoms with Gasteiger partial charge in [0.2, 0.25) is 0 Å². The molecule has 0 spiro atoms. The third-order valence-electron chi connectivity index (χ3n) is 7.94. The van der Waals surface area contributed by atoms with Crippen LogP contribution in [0.5, 0.6) is 5.75 Å². The predicted molar refractivity (Wildman–Crippen MR) is 159 cm³/mol. The van der Waals surface area contributed by atoms with E-state index in [4.69, 9.17) is 5.11 Å². The smallest absolute Gasteiger partial charge is 0.339 e. The molecule has 4 rings (SSSR count). The van der Waals surface area contributed by atoms with E-state index in [0.717, 1.165) is 29.8 Å². The van der Waals surface area contributed by atoms with E-state index in [-0.39, 0.29) is 22.1 Å². The topological polar surface area (TPSA) is 93.0 Å². The summed E-state index contributed by atoms with van der Waals surface area (Å²) in [4.78, 5) is 13.3. The van der Waals surface area contributed by atoms with E-state index in [1.165, 1.54) is 28.8 Å². The van der Waals surface area contributed by atoms with Crippen LogP contribution in [-0.2, 0) is 17.4 Å². The number of aliphatic hydroxyl groups is 1. The summed E-state index contributed by atoms with van der Waals surface area (Å²) in [5, 5.41) is 34.1. The molecule has 3 aromatic carbocycles. The van der Waals surface area contributed by atoms with Crippen LogP contribution in [0.15, 0.2) is 60.7 Å². The van der Waals surface area contributed by atoms with Crippen LogP contribution in [0.4, 0.5) is 11.4 Å². The van der Waals surface area contributed by atoms with Crippen molar-refractivity contribution in [3.63, 3.8) is 0 Å². The Kier molecular flexibility index (Phi) is 7.80. The average molecular weight is 529 g/mol. The molecular formula is C33H40N2O4. The first kappa shape index (κ1) is 28.2. The van der Waals surface area contributed by atoms with Gasteiger partial charge in [-0.15, -0.1) is 0 Å². The minimum atomic E-state index is -1.18. The van der Waals surface area contributed by atoms with Crippen molar-refractivity contribution >= 4 is 23.4 Å². The van der Waals surface area contributed by atoms with Gasteiger partial charge < -0.3 is 25.5 Å². The molecule has 0 aromatic heterocycles. The highest BCUT2D eigenvalue weighted by molar-refractivity contribution is 5.91. The largest absolute Gasteiger partial charge is 0.507 e. The number of hydrogen-bond acceptors (Lipinski definition) is 5. The van der Waals surface area contributed by atoms with Crippen molar-refractivity contribution in [2.45, 2.75) is 64.0 Å². The number of aromatic hydroxyl groups is 1. The Morgan fingerprint density at radius 2 is 1.67 bits per heavy atom. The summed E-state index contributed by atoms with van der Waals surface area (Å²) in [7, 11) is 4.06. The number of fused-ring (bicyclic) bond motifs is 1. The Morgan fingerprint density at radius 1 is 1.00 bits per heavy atom. The summed E-state index contributed by atoms with van der Waals surface area (Å²) in [6.45, 7) is 9.79. The van der Waals surface area contributed by atoms with E-state index >= 15 is 0 Å². The molecule has 206 valence electrons. The highest BCUT2D eigenvalue weighted by atomic mass is 16.4. The fourth-order valence-corrected chi connectivity index (χ4v) is 5.38. The number of aliphatic hydroxyl groups excluding tert-OH is 1. The molecule has 0 radical (unpaired) electrons. The van der Waals surface area contributed by atoms with E-state index in [0.29, 0.717) is 12.1 Å². The molecule has 6 nitrogen and oxygen atoms in total. The molecule has 0 aliphatic heterocycles. The molecule has 0 saturated carbocycles. The number of carboxylic acids is 1. The molecule has 0 fully saturated rings. The van der Waals surface area contributed by atoms with Crippen LogP contribution in [0.2, 0.25) is 0 Å².